The molecule has 1 saturated heterocycles. The SMILES string of the molecule is O=S1(=O)CCC(F)(C2C=C(Cl)C=NC2O)CC1. The van der Waals surface area contributed by atoms with Gasteiger partial charge >= 0.3 is 0 Å². The smallest absolute Gasteiger partial charge is 0.154 e. The number of allylic oxidation sites excluding steroid dienone is 1. The molecule has 0 aromatic heterocycles. The Hall–Kier alpha value is -0.460. The van der Waals surface area contributed by atoms with Crippen LogP contribution in [0.5, 0.6) is 0 Å². The maximum Gasteiger partial charge on any atom is 0.154 e. The molecule has 96 valence electrons. The summed E-state index contributed by atoms with van der Waals surface area (Å²) in [4.78, 5) is 3.69. The molecule has 0 radical (unpaired) electrons. The molecule has 0 bridgehead atoms. The van der Waals surface area contributed by atoms with Gasteiger partial charge < -0.3 is 5.11 Å². The molecule has 2 unspecified atom stereocenters. The fourth-order valence-electron chi connectivity index (χ4n) is 2.17. The Balaban J connectivity index is 2.20. The number of aliphatic hydroxyl groups excluding tert-OH is 1. The van der Waals surface area contributed by atoms with Crippen LogP contribution in [0.25, 0.3) is 0 Å². The van der Waals surface area contributed by atoms with E-state index in [1.54, 1.807) is 0 Å². The zero-order valence-corrected chi connectivity index (χ0v) is 10.6. The monoisotopic (exact) mass is 281 g/mol. The Bertz CT molecular complexity index is 460. The van der Waals surface area contributed by atoms with Gasteiger partial charge in [-0.05, 0) is 12.8 Å². The summed E-state index contributed by atoms with van der Waals surface area (Å²) in [6.07, 6.45) is 1.26. The Morgan fingerprint density at radius 3 is 2.65 bits per heavy atom. The number of halogens is 2. The van der Waals surface area contributed by atoms with Gasteiger partial charge in [0.1, 0.15) is 5.67 Å². The molecule has 0 aliphatic carbocycles. The third kappa shape index (κ3) is 2.69. The van der Waals surface area contributed by atoms with E-state index in [2.05, 4.69) is 4.99 Å². The van der Waals surface area contributed by atoms with Gasteiger partial charge in [0.05, 0.1) is 22.5 Å². The molecule has 0 spiro atoms. The van der Waals surface area contributed by atoms with Crippen molar-refractivity contribution >= 4 is 27.7 Å². The lowest BCUT2D eigenvalue weighted by molar-refractivity contribution is 0.0105. The summed E-state index contributed by atoms with van der Waals surface area (Å²) in [6.45, 7) is 0. The first-order valence-corrected chi connectivity index (χ1v) is 7.50. The minimum Gasteiger partial charge on any atom is -0.371 e. The number of hydrogen-bond donors (Lipinski definition) is 1. The molecule has 0 aromatic rings. The number of dihydropyridines is 1. The Labute approximate surface area is 104 Å². The molecule has 1 fully saturated rings. The van der Waals surface area contributed by atoms with Crippen LogP contribution in [0.4, 0.5) is 4.39 Å². The highest BCUT2D eigenvalue weighted by Crippen LogP contribution is 2.39. The summed E-state index contributed by atoms with van der Waals surface area (Å²) in [7, 11) is -3.14. The molecule has 2 atom stereocenters. The van der Waals surface area contributed by atoms with Gasteiger partial charge in [-0.25, -0.2) is 12.8 Å². The van der Waals surface area contributed by atoms with E-state index in [9.17, 15) is 17.9 Å². The quantitative estimate of drug-likeness (QED) is 0.781. The van der Waals surface area contributed by atoms with Crippen molar-refractivity contribution < 1.29 is 17.9 Å². The highest BCUT2D eigenvalue weighted by atomic mass is 35.5. The predicted molar refractivity (Wildman–Crippen MR) is 63.7 cm³/mol. The summed E-state index contributed by atoms with van der Waals surface area (Å²) in [5.41, 5.74) is -1.75. The van der Waals surface area contributed by atoms with Gasteiger partial charge in [0.2, 0.25) is 0 Å². The second kappa shape index (κ2) is 4.33. The summed E-state index contributed by atoms with van der Waals surface area (Å²) in [6, 6.07) is 0. The fourth-order valence-corrected chi connectivity index (χ4v) is 3.87. The van der Waals surface area contributed by atoms with Gasteiger partial charge in [-0.2, -0.15) is 0 Å². The molecule has 0 amide bonds. The fraction of sp³-hybridized carbons (Fsp3) is 0.700. The first-order valence-electron chi connectivity index (χ1n) is 5.30. The van der Waals surface area contributed by atoms with E-state index >= 15 is 0 Å². The zero-order chi connectivity index (χ0) is 12.7. The van der Waals surface area contributed by atoms with Gasteiger partial charge in [0, 0.05) is 6.21 Å². The zero-order valence-electron chi connectivity index (χ0n) is 9.01. The summed E-state index contributed by atoms with van der Waals surface area (Å²) in [5.74, 6) is -1.25. The van der Waals surface area contributed by atoms with Gasteiger partial charge in [0.25, 0.3) is 0 Å². The summed E-state index contributed by atoms with van der Waals surface area (Å²) in [5, 5.41) is 9.91. The van der Waals surface area contributed by atoms with Crippen LogP contribution in [0.15, 0.2) is 16.1 Å². The first-order chi connectivity index (χ1) is 7.82. The molecule has 1 N–H and O–H groups in total. The first kappa shape index (κ1) is 13.0. The number of hydrogen-bond acceptors (Lipinski definition) is 4. The van der Waals surface area contributed by atoms with Crippen molar-refractivity contribution in [3.8, 4) is 0 Å². The molecule has 2 aliphatic rings. The van der Waals surface area contributed by atoms with Crippen molar-refractivity contribution in [1.29, 1.82) is 0 Å². The Morgan fingerprint density at radius 2 is 2.06 bits per heavy atom. The number of sulfone groups is 1. The normalized spacial score (nSPS) is 35.4. The molecule has 2 aliphatic heterocycles. The predicted octanol–water partition coefficient (Wildman–Crippen LogP) is 1.05. The Kier molecular flexibility index (Phi) is 3.31. The molecule has 4 nitrogen and oxygen atoms in total. The van der Waals surface area contributed by atoms with Crippen LogP contribution in [-0.4, -0.2) is 43.1 Å². The molecule has 7 heteroatoms. The van der Waals surface area contributed by atoms with Crippen LogP contribution in [0.2, 0.25) is 0 Å². The third-order valence-corrected chi connectivity index (χ3v) is 5.14. The number of alkyl halides is 1. The summed E-state index contributed by atoms with van der Waals surface area (Å²) < 4.78 is 37.2. The second-order valence-electron chi connectivity index (χ2n) is 4.46. The van der Waals surface area contributed by atoms with E-state index in [-0.39, 0.29) is 29.4 Å². The van der Waals surface area contributed by atoms with Crippen LogP contribution >= 0.6 is 11.6 Å². The minimum absolute atomic E-state index is 0.118. The second-order valence-corrected chi connectivity index (χ2v) is 7.20. The lowest BCUT2D eigenvalue weighted by Gasteiger charge is -2.37. The molecule has 0 aromatic carbocycles. The van der Waals surface area contributed by atoms with Crippen molar-refractivity contribution in [3.63, 3.8) is 0 Å². The average Bonchev–Trinajstić information content (AvgIpc) is 2.26. The van der Waals surface area contributed by atoms with Crippen LogP contribution < -0.4 is 0 Å². The maximum absolute atomic E-state index is 14.6. The molecule has 2 heterocycles. The summed E-state index contributed by atoms with van der Waals surface area (Å²) >= 11 is 5.73. The standard InChI is InChI=1S/C10H13ClFNO3S/c11-7-5-8(9(14)13-6-7)10(12)1-3-17(15,16)4-2-10/h5-6,8-9,14H,1-4H2. The molecule has 0 saturated carbocycles. The highest BCUT2D eigenvalue weighted by molar-refractivity contribution is 7.91. The van der Waals surface area contributed by atoms with E-state index in [0.29, 0.717) is 0 Å². The lowest BCUT2D eigenvalue weighted by atomic mass is 9.82. The Morgan fingerprint density at radius 1 is 1.47 bits per heavy atom. The topological polar surface area (TPSA) is 66.7 Å². The van der Waals surface area contributed by atoms with Crippen molar-refractivity contribution in [2.45, 2.75) is 24.7 Å². The molecule has 2 rings (SSSR count). The maximum atomic E-state index is 14.6. The molecular weight excluding hydrogens is 269 g/mol. The van der Waals surface area contributed by atoms with E-state index in [1.807, 2.05) is 0 Å². The van der Waals surface area contributed by atoms with Crippen LogP contribution in [0.3, 0.4) is 0 Å². The number of nitrogens with zero attached hydrogens (tertiary/aromatic N) is 1. The third-order valence-electron chi connectivity index (χ3n) is 3.27. The van der Waals surface area contributed by atoms with Crippen LogP contribution in [-0.2, 0) is 9.84 Å². The van der Waals surface area contributed by atoms with Crippen molar-refractivity contribution in [3.05, 3.63) is 11.1 Å². The average molecular weight is 282 g/mol. The van der Waals surface area contributed by atoms with Gasteiger partial charge in [-0.15, -0.1) is 0 Å². The number of rotatable bonds is 1. The molecular formula is C10H13ClFNO3S. The van der Waals surface area contributed by atoms with E-state index in [0.717, 1.165) is 0 Å². The van der Waals surface area contributed by atoms with Gasteiger partial charge in [-0.3, -0.25) is 4.99 Å². The largest absolute Gasteiger partial charge is 0.371 e. The number of aliphatic hydroxyl groups is 1. The van der Waals surface area contributed by atoms with Crippen LogP contribution in [0, 0.1) is 5.92 Å². The molecule has 17 heavy (non-hydrogen) atoms. The van der Waals surface area contributed by atoms with Crippen LogP contribution in [0.1, 0.15) is 12.8 Å². The van der Waals surface area contributed by atoms with E-state index in [4.69, 9.17) is 11.6 Å². The highest BCUT2D eigenvalue weighted by Gasteiger charge is 2.46. The number of aliphatic imine (C=N–C) groups is 1. The minimum atomic E-state index is -3.14. The van der Waals surface area contributed by atoms with Crippen molar-refractivity contribution in [2.75, 3.05) is 11.5 Å². The van der Waals surface area contributed by atoms with Crippen molar-refractivity contribution in [1.82, 2.24) is 0 Å². The van der Waals surface area contributed by atoms with Gasteiger partial charge in [-0.1, -0.05) is 17.7 Å². The van der Waals surface area contributed by atoms with Gasteiger partial charge in [0.15, 0.2) is 16.1 Å². The van der Waals surface area contributed by atoms with E-state index < -0.39 is 27.7 Å². The van der Waals surface area contributed by atoms with E-state index in [1.165, 1.54) is 12.3 Å². The van der Waals surface area contributed by atoms with Crippen molar-refractivity contribution in [2.24, 2.45) is 10.9 Å². The lowest BCUT2D eigenvalue weighted by Crippen LogP contribution is -2.46.